The molecule has 5 nitrogen and oxygen atoms in total. The number of Topliss-reactive ketones (excluding diaryl/α,β-unsaturated/α-hetero) is 1. The Morgan fingerprint density at radius 2 is 2.16 bits per heavy atom. The molecule has 0 radical (unpaired) electrons. The average molecular weight is 358 g/mol. The van der Waals surface area contributed by atoms with Gasteiger partial charge in [-0.1, -0.05) is 17.8 Å². The first-order chi connectivity index (χ1) is 11.9. The van der Waals surface area contributed by atoms with Crippen molar-refractivity contribution in [3.63, 3.8) is 0 Å². The van der Waals surface area contributed by atoms with Crippen LogP contribution in [0.3, 0.4) is 0 Å². The molecule has 0 fully saturated rings. The number of amidine groups is 1. The molecular weight excluding hydrogens is 339 g/mol. The number of aryl methyl sites for hydroxylation is 1. The summed E-state index contributed by atoms with van der Waals surface area (Å²) in [5, 5.41) is 0.463. The highest BCUT2D eigenvalue weighted by Crippen LogP contribution is 2.36. The van der Waals surface area contributed by atoms with Crippen molar-refractivity contribution in [2.24, 2.45) is 10.7 Å². The molecule has 0 saturated heterocycles. The van der Waals surface area contributed by atoms with Gasteiger partial charge in [0.2, 0.25) is 0 Å². The number of carbonyl (C=O) groups excluding carboxylic acids is 1. The predicted octanol–water partition coefficient (Wildman–Crippen LogP) is 3.02. The van der Waals surface area contributed by atoms with E-state index in [1.807, 2.05) is 13.8 Å². The summed E-state index contributed by atoms with van der Waals surface area (Å²) >= 11 is 1.47. The van der Waals surface area contributed by atoms with Crippen LogP contribution in [0.1, 0.15) is 40.7 Å². The molecule has 130 valence electrons. The number of halogens is 1. The largest absolute Gasteiger partial charge is 0.379 e. The van der Waals surface area contributed by atoms with Crippen LogP contribution in [-0.2, 0) is 12.0 Å². The van der Waals surface area contributed by atoms with Gasteiger partial charge in [0.1, 0.15) is 11.5 Å². The molecule has 0 aliphatic carbocycles. The highest BCUT2D eigenvalue weighted by Gasteiger charge is 2.32. The number of hydrogen-bond donors (Lipinski definition) is 1. The minimum atomic E-state index is -0.706. The molecule has 2 heterocycles. The van der Waals surface area contributed by atoms with Gasteiger partial charge in [0.25, 0.3) is 0 Å². The zero-order chi connectivity index (χ0) is 18.0. The molecule has 25 heavy (non-hydrogen) atoms. The van der Waals surface area contributed by atoms with Crippen molar-refractivity contribution in [1.82, 2.24) is 9.97 Å². The van der Waals surface area contributed by atoms with E-state index in [-0.39, 0.29) is 18.0 Å². The summed E-state index contributed by atoms with van der Waals surface area (Å²) in [5.74, 6) is 0.294. The standard InChI is InChI=1S/C18H19FN4OS/c1-11-9-22-15(10-21-11)16(24)8-12-3-4-14(19)13(7-12)18(2)5-6-25-17(20)23-18/h3-4,7,9-10H,5-6,8H2,1-2H3,(H2,20,23). The van der Waals surface area contributed by atoms with Crippen molar-refractivity contribution in [3.8, 4) is 0 Å². The maximum Gasteiger partial charge on any atom is 0.187 e. The van der Waals surface area contributed by atoms with Crippen molar-refractivity contribution in [2.75, 3.05) is 5.75 Å². The lowest BCUT2D eigenvalue weighted by Gasteiger charge is -2.30. The minimum absolute atomic E-state index is 0.134. The van der Waals surface area contributed by atoms with E-state index in [9.17, 15) is 9.18 Å². The highest BCUT2D eigenvalue weighted by atomic mass is 32.2. The number of ketones is 1. The van der Waals surface area contributed by atoms with E-state index < -0.39 is 5.54 Å². The van der Waals surface area contributed by atoms with Crippen LogP contribution in [-0.4, -0.2) is 26.7 Å². The van der Waals surface area contributed by atoms with E-state index in [0.29, 0.717) is 22.8 Å². The van der Waals surface area contributed by atoms with Crippen molar-refractivity contribution in [1.29, 1.82) is 0 Å². The van der Waals surface area contributed by atoms with Gasteiger partial charge in [-0.3, -0.25) is 14.8 Å². The zero-order valence-electron chi connectivity index (χ0n) is 14.1. The molecule has 0 bridgehead atoms. The predicted molar refractivity (Wildman–Crippen MR) is 97.3 cm³/mol. The fraction of sp³-hybridized carbons (Fsp3) is 0.333. The van der Waals surface area contributed by atoms with E-state index in [0.717, 1.165) is 17.0 Å². The maximum absolute atomic E-state index is 14.4. The highest BCUT2D eigenvalue weighted by molar-refractivity contribution is 8.13. The molecule has 1 atom stereocenters. The van der Waals surface area contributed by atoms with Gasteiger partial charge in [0.15, 0.2) is 11.0 Å². The number of nitrogens with two attached hydrogens (primary N) is 1. The lowest BCUT2D eigenvalue weighted by atomic mass is 9.87. The molecule has 7 heteroatoms. The van der Waals surface area contributed by atoms with Crippen molar-refractivity contribution < 1.29 is 9.18 Å². The van der Waals surface area contributed by atoms with Gasteiger partial charge in [0, 0.05) is 23.9 Å². The fourth-order valence-corrected chi connectivity index (χ4v) is 3.76. The summed E-state index contributed by atoms with van der Waals surface area (Å²) in [6, 6.07) is 4.71. The topological polar surface area (TPSA) is 81.2 Å². The minimum Gasteiger partial charge on any atom is -0.379 e. The Labute approximate surface area is 150 Å². The van der Waals surface area contributed by atoms with E-state index in [1.165, 1.54) is 24.0 Å². The number of aromatic nitrogens is 2. The Kier molecular flexibility index (Phi) is 4.85. The lowest BCUT2D eigenvalue weighted by Crippen LogP contribution is -2.29. The zero-order valence-corrected chi connectivity index (χ0v) is 14.9. The van der Waals surface area contributed by atoms with E-state index in [1.54, 1.807) is 18.3 Å². The third-order valence-corrected chi connectivity index (χ3v) is 5.03. The summed E-state index contributed by atoms with van der Waals surface area (Å²) in [7, 11) is 0. The van der Waals surface area contributed by atoms with Gasteiger partial charge in [-0.05, 0) is 38.0 Å². The van der Waals surface area contributed by atoms with Gasteiger partial charge in [-0.25, -0.2) is 9.37 Å². The monoisotopic (exact) mass is 358 g/mol. The Morgan fingerprint density at radius 3 is 2.84 bits per heavy atom. The molecule has 0 saturated carbocycles. The van der Waals surface area contributed by atoms with E-state index in [2.05, 4.69) is 15.0 Å². The van der Waals surface area contributed by atoms with Gasteiger partial charge >= 0.3 is 0 Å². The third kappa shape index (κ3) is 3.87. The molecule has 2 N–H and O–H groups in total. The molecule has 3 rings (SSSR count). The van der Waals surface area contributed by atoms with E-state index in [4.69, 9.17) is 5.73 Å². The van der Waals surface area contributed by atoms with Crippen LogP contribution >= 0.6 is 11.8 Å². The molecule has 0 amide bonds. The second-order valence-electron chi connectivity index (χ2n) is 6.28. The van der Waals surface area contributed by atoms with Gasteiger partial charge in [0.05, 0.1) is 17.4 Å². The maximum atomic E-state index is 14.4. The van der Waals surface area contributed by atoms with Crippen LogP contribution in [0.4, 0.5) is 4.39 Å². The normalized spacial score (nSPS) is 20.2. The van der Waals surface area contributed by atoms with Crippen molar-refractivity contribution in [2.45, 2.75) is 32.2 Å². The molecule has 1 aromatic heterocycles. The summed E-state index contributed by atoms with van der Waals surface area (Å²) in [5.41, 5.74) is 7.36. The van der Waals surface area contributed by atoms with Crippen molar-refractivity contribution >= 4 is 22.7 Å². The number of carbonyl (C=O) groups is 1. The Hall–Kier alpha value is -2.28. The quantitative estimate of drug-likeness (QED) is 0.850. The fourth-order valence-electron chi connectivity index (χ4n) is 2.79. The molecule has 1 aliphatic heterocycles. The first kappa shape index (κ1) is 17.5. The second-order valence-corrected chi connectivity index (χ2v) is 7.39. The van der Waals surface area contributed by atoms with Gasteiger partial charge in [-0.2, -0.15) is 0 Å². The Morgan fingerprint density at radius 1 is 1.36 bits per heavy atom. The van der Waals surface area contributed by atoms with Crippen LogP contribution < -0.4 is 5.73 Å². The van der Waals surface area contributed by atoms with Crippen LogP contribution in [0.15, 0.2) is 35.6 Å². The van der Waals surface area contributed by atoms with Crippen LogP contribution in [0.2, 0.25) is 0 Å². The van der Waals surface area contributed by atoms with Crippen LogP contribution in [0.5, 0.6) is 0 Å². The number of aliphatic imine (C=N–C) groups is 1. The first-order valence-electron chi connectivity index (χ1n) is 7.96. The smallest absolute Gasteiger partial charge is 0.187 e. The van der Waals surface area contributed by atoms with Gasteiger partial charge in [-0.15, -0.1) is 0 Å². The number of rotatable bonds is 4. The summed E-state index contributed by atoms with van der Waals surface area (Å²) < 4.78 is 14.4. The molecule has 1 aliphatic rings. The number of thioether (sulfide) groups is 1. The molecule has 2 aromatic rings. The third-order valence-electron chi connectivity index (χ3n) is 4.24. The van der Waals surface area contributed by atoms with Crippen LogP contribution in [0.25, 0.3) is 0 Å². The van der Waals surface area contributed by atoms with Crippen LogP contribution in [0, 0.1) is 12.7 Å². The van der Waals surface area contributed by atoms with Crippen molar-refractivity contribution in [3.05, 3.63) is 58.9 Å². The second kappa shape index (κ2) is 6.92. The van der Waals surface area contributed by atoms with Gasteiger partial charge < -0.3 is 5.73 Å². The molecule has 1 unspecified atom stereocenters. The Bertz CT molecular complexity index is 837. The Balaban J connectivity index is 1.88. The number of hydrogen-bond acceptors (Lipinski definition) is 6. The van der Waals surface area contributed by atoms with E-state index >= 15 is 0 Å². The first-order valence-corrected chi connectivity index (χ1v) is 8.95. The SMILES string of the molecule is Cc1cnc(C(=O)Cc2ccc(F)c(C3(C)CCSC(N)=N3)c2)cn1. The summed E-state index contributed by atoms with van der Waals surface area (Å²) in [6.45, 7) is 3.68. The summed E-state index contributed by atoms with van der Waals surface area (Å²) in [6.07, 6.45) is 3.85. The lowest BCUT2D eigenvalue weighted by molar-refractivity contribution is 0.0987. The molecule has 1 aromatic carbocycles. The summed E-state index contributed by atoms with van der Waals surface area (Å²) in [4.78, 5) is 25.0. The number of nitrogens with zero attached hydrogens (tertiary/aromatic N) is 3. The molecule has 0 spiro atoms. The number of benzene rings is 1. The average Bonchev–Trinajstić information content (AvgIpc) is 2.57. The molecular formula is C18H19FN4OS.